The van der Waals surface area contributed by atoms with Crippen LogP contribution in [0.15, 0.2) is 137 Å². The van der Waals surface area contributed by atoms with Gasteiger partial charge in [0, 0.05) is 32.3 Å². The fourth-order valence-electron chi connectivity index (χ4n) is 15.8. The Morgan fingerprint density at radius 3 is 1.53 bits per heavy atom. The van der Waals surface area contributed by atoms with E-state index < -0.39 is 0 Å². The van der Waals surface area contributed by atoms with E-state index in [4.69, 9.17) is 0 Å². The fourth-order valence-corrected chi connectivity index (χ4v) is 17.0. The van der Waals surface area contributed by atoms with Crippen molar-refractivity contribution in [2.45, 2.75) is 144 Å². The molecule has 0 N–H and O–H groups in total. The molecule has 7 aliphatic rings. The quantitative estimate of drug-likeness (QED) is 0.170. The molecule has 2 spiro atoms. The van der Waals surface area contributed by atoms with Crippen LogP contribution in [0.1, 0.15) is 140 Å². The SMILES string of the molecule is CC1(C)CCC(C)(C)c2cc(-c3ccc(N(c4ccc(-c5ccc6c(c5)C5(c7ccccc7S6)C6CC7CC8CC5C86C7)cc4)c4ccc5c(c4)C(C)(C)CCC5(C)C)cc3)ccc21. The molecule has 2 bridgehead atoms. The summed E-state index contributed by atoms with van der Waals surface area (Å²) in [4.78, 5) is 5.51. The number of anilines is 3. The highest BCUT2D eigenvalue weighted by Crippen LogP contribution is 2.89. The van der Waals surface area contributed by atoms with Gasteiger partial charge < -0.3 is 4.90 Å². The summed E-state index contributed by atoms with van der Waals surface area (Å²) in [7, 11) is 0. The number of fused-ring (bicyclic) bond motifs is 9. The van der Waals surface area contributed by atoms with Crippen LogP contribution in [0, 0.1) is 29.1 Å². The molecule has 0 saturated heterocycles. The predicted octanol–water partition coefficient (Wildman–Crippen LogP) is 17.0. The van der Waals surface area contributed by atoms with Crippen LogP contribution in [-0.2, 0) is 27.1 Å². The lowest BCUT2D eigenvalue weighted by Crippen LogP contribution is -2.74. The van der Waals surface area contributed by atoms with Gasteiger partial charge in [0.15, 0.2) is 0 Å². The minimum atomic E-state index is 0.121. The van der Waals surface area contributed by atoms with E-state index in [0.717, 1.165) is 23.7 Å². The van der Waals surface area contributed by atoms with Gasteiger partial charge in [-0.05, 0) is 212 Å². The zero-order valence-electron chi connectivity index (χ0n) is 39.4. The van der Waals surface area contributed by atoms with Crippen LogP contribution >= 0.6 is 11.8 Å². The second kappa shape index (κ2) is 13.1. The maximum Gasteiger partial charge on any atom is 0.0464 e. The van der Waals surface area contributed by atoms with Crippen molar-refractivity contribution in [3.8, 4) is 22.3 Å². The first-order valence-corrected chi connectivity index (χ1v) is 25.6. The molecule has 324 valence electrons. The van der Waals surface area contributed by atoms with Crippen molar-refractivity contribution >= 4 is 28.8 Å². The van der Waals surface area contributed by atoms with Crippen molar-refractivity contribution in [2.75, 3.05) is 4.90 Å². The van der Waals surface area contributed by atoms with Gasteiger partial charge in [0.2, 0.25) is 0 Å². The summed E-state index contributed by atoms with van der Waals surface area (Å²) in [6.07, 6.45) is 10.8. The Hall–Kier alpha value is -4.53. The zero-order chi connectivity index (χ0) is 43.8. The van der Waals surface area contributed by atoms with E-state index in [-0.39, 0.29) is 27.1 Å². The minimum Gasteiger partial charge on any atom is -0.310 e. The molecule has 1 heterocycles. The molecule has 13 rings (SSSR count). The van der Waals surface area contributed by atoms with Crippen molar-refractivity contribution < 1.29 is 0 Å². The second-order valence-corrected chi connectivity index (χ2v) is 25.4. The van der Waals surface area contributed by atoms with Gasteiger partial charge >= 0.3 is 0 Å². The molecule has 4 saturated carbocycles. The number of rotatable bonds is 5. The van der Waals surface area contributed by atoms with E-state index in [9.17, 15) is 0 Å². The average Bonchev–Trinajstić information content (AvgIpc) is 3.82. The van der Waals surface area contributed by atoms with Crippen LogP contribution in [0.25, 0.3) is 22.3 Å². The molecule has 2 heteroatoms. The van der Waals surface area contributed by atoms with Crippen molar-refractivity contribution in [1.82, 2.24) is 0 Å². The Morgan fingerprint density at radius 2 is 0.906 bits per heavy atom. The Kier molecular flexibility index (Phi) is 8.14. The third kappa shape index (κ3) is 5.27. The van der Waals surface area contributed by atoms with Gasteiger partial charge in [-0.1, -0.05) is 140 Å². The first-order chi connectivity index (χ1) is 30.6. The van der Waals surface area contributed by atoms with Crippen molar-refractivity contribution in [1.29, 1.82) is 0 Å². The van der Waals surface area contributed by atoms with Crippen LogP contribution in [0.2, 0.25) is 0 Å². The molecular weight excluding hydrogens is 791 g/mol. The highest BCUT2D eigenvalue weighted by Gasteiger charge is 2.84. The monoisotopic (exact) mass is 855 g/mol. The van der Waals surface area contributed by atoms with Gasteiger partial charge in [-0.2, -0.15) is 0 Å². The number of benzene rings is 6. The lowest BCUT2D eigenvalue weighted by atomic mass is 9.26. The maximum atomic E-state index is 2.64. The predicted molar refractivity (Wildman–Crippen MR) is 269 cm³/mol. The molecule has 4 fully saturated rings. The summed E-state index contributed by atoms with van der Waals surface area (Å²) in [5.74, 6) is 3.55. The number of hydrogen-bond acceptors (Lipinski definition) is 2. The smallest absolute Gasteiger partial charge is 0.0464 e. The van der Waals surface area contributed by atoms with Gasteiger partial charge in [-0.15, -0.1) is 0 Å². The van der Waals surface area contributed by atoms with Crippen LogP contribution in [-0.4, -0.2) is 0 Å². The van der Waals surface area contributed by atoms with E-state index in [0.29, 0.717) is 5.41 Å². The zero-order valence-corrected chi connectivity index (χ0v) is 40.3. The molecule has 6 aromatic carbocycles. The van der Waals surface area contributed by atoms with Crippen molar-refractivity contribution in [3.05, 3.63) is 161 Å². The third-order valence-corrected chi connectivity index (χ3v) is 20.5. The lowest BCUT2D eigenvalue weighted by molar-refractivity contribution is -0.235. The Morgan fingerprint density at radius 1 is 0.422 bits per heavy atom. The molecule has 1 aliphatic heterocycles. The van der Waals surface area contributed by atoms with E-state index in [1.165, 1.54) is 123 Å². The highest BCUT2D eigenvalue weighted by molar-refractivity contribution is 7.99. The molecule has 6 atom stereocenters. The lowest BCUT2D eigenvalue weighted by Gasteiger charge is -2.78. The van der Waals surface area contributed by atoms with Gasteiger partial charge in [-0.25, -0.2) is 0 Å². The van der Waals surface area contributed by atoms with Crippen LogP contribution in [0.3, 0.4) is 0 Å². The Labute approximate surface area is 387 Å². The molecule has 6 unspecified atom stereocenters. The van der Waals surface area contributed by atoms with E-state index >= 15 is 0 Å². The summed E-state index contributed by atoms with van der Waals surface area (Å²) in [5, 5.41) is 0. The molecule has 6 aliphatic carbocycles. The van der Waals surface area contributed by atoms with E-state index in [1.54, 1.807) is 11.1 Å². The van der Waals surface area contributed by atoms with Gasteiger partial charge in [0.05, 0.1) is 0 Å². The largest absolute Gasteiger partial charge is 0.310 e. The fraction of sp³-hybridized carbons (Fsp3) is 0.419. The standard InChI is InChI=1S/C62H65NS/c1-57(2)27-29-59(5,6)50-33-41(17-24-47(50)57)39-13-19-44(20-14-39)63(46-23-25-48-51(36-46)60(7,8)30-28-58(48,3)4)45-21-15-40(16-22-45)42-18-26-54-52(34-42)62(49-11-9-10-12-53(49)64-54)55-32-38-31-43-35-56(62)61(43,55)37-38/h9-26,33-34,36,38,43,55-56H,27-32,35,37H2,1-8H3. The molecule has 0 aromatic heterocycles. The van der Waals surface area contributed by atoms with E-state index in [2.05, 4.69) is 188 Å². The Bertz CT molecular complexity index is 2910. The summed E-state index contributed by atoms with van der Waals surface area (Å²) in [6, 6.07) is 50.7. The van der Waals surface area contributed by atoms with Gasteiger partial charge in [0.25, 0.3) is 0 Å². The summed E-state index contributed by atoms with van der Waals surface area (Å²) < 4.78 is 0. The third-order valence-electron chi connectivity index (χ3n) is 19.3. The number of hydrogen-bond donors (Lipinski definition) is 0. The normalized spacial score (nSPS) is 29.6. The molecule has 1 nitrogen and oxygen atoms in total. The van der Waals surface area contributed by atoms with Gasteiger partial charge in [0.1, 0.15) is 0 Å². The van der Waals surface area contributed by atoms with Crippen LogP contribution < -0.4 is 4.90 Å². The van der Waals surface area contributed by atoms with Crippen LogP contribution in [0.4, 0.5) is 17.1 Å². The molecule has 6 aromatic rings. The molecule has 64 heavy (non-hydrogen) atoms. The highest BCUT2D eigenvalue weighted by atomic mass is 32.2. The first kappa shape index (κ1) is 39.8. The van der Waals surface area contributed by atoms with Gasteiger partial charge in [-0.3, -0.25) is 0 Å². The van der Waals surface area contributed by atoms with Crippen molar-refractivity contribution in [3.63, 3.8) is 0 Å². The Balaban J connectivity index is 0.889. The maximum absolute atomic E-state index is 2.64. The molecular formula is C62H65NS. The summed E-state index contributed by atoms with van der Waals surface area (Å²) in [5.41, 5.74) is 19.7. The first-order valence-electron chi connectivity index (χ1n) is 24.8. The van der Waals surface area contributed by atoms with E-state index in [1.807, 2.05) is 11.8 Å². The topological polar surface area (TPSA) is 3.24 Å². The molecule has 0 amide bonds. The average molecular weight is 856 g/mol. The van der Waals surface area contributed by atoms with Crippen molar-refractivity contribution in [2.24, 2.45) is 29.1 Å². The van der Waals surface area contributed by atoms with Crippen LogP contribution in [0.5, 0.6) is 0 Å². The second-order valence-electron chi connectivity index (χ2n) is 24.3. The summed E-state index contributed by atoms with van der Waals surface area (Å²) >= 11 is 2.02. The number of nitrogens with zero attached hydrogens (tertiary/aromatic N) is 1. The molecule has 0 radical (unpaired) electrons. The minimum absolute atomic E-state index is 0.121. The summed E-state index contributed by atoms with van der Waals surface area (Å²) in [6.45, 7) is 19.5.